The van der Waals surface area contributed by atoms with Crippen LogP contribution in [0, 0.1) is 0 Å². The molecule has 1 aromatic heterocycles. The van der Waals surface area contributed by atoms with E-state index in [2.05, 4.69) is 10.1 Å². The summed E-state index contributed by atoms with van der Waals surface area (Å²) in [4.78, 5) is 28.9. The van der Waals surface area contributed by atoms with E-state index < -0.39 is 11.2 Å². The Labute approximate surface area is 128 Å². The SMILES string of the molecule is CCC(C)(C)c1nc(SC(C)C(=O)O)n(C(=O)N(C)C)n1. The summed E-state index contributed by atoms with van der Waals surface area (Å²) in [6.07, 6.45) is 0.811. The molecule has 0 aliphatic heterocycles. The Morgan fingerprint density at radius 1 is 1.43 bits per heavy atom. The minimum atomic E-state index is -0.955. The van der Waals surface area contributed by atoms with E-state index in [4.69, 9.17) is 5.11 Å². The van der Waals surface area contributed by atoms with Gasteiger partial charge in [0.15, 0.2) is 11.0 Å². The Balaban J connectivity index is 3.26. The summed E-state index contributed by atoms with van der Waals surface area (Å²) in [6.45, 7) is 7.54. The number of hydrogen-bond acceptors (Lipinski definition) is 5. The lowest BCUT2D eigenvalue weighted by Gasteiger charge is -2.17. The van der Waals surface area contributed by atoms with Gasteiger partial charge < -0.3 is 10.0 Å². The third-order valence-electron chi connectivity index (χ3n) is 3.26. The Hall–Kier alpha value is -1.57. The Morgan fingerprint density at radius 2 is 2.00 bits per heavy atom. The van der Waals surface area contributed by atoms with Gasteiger partial charge in [0.2, 0.25) is 0 Å². The summed E-state index contributed by atoms with van der Waals surface area (Å²) >= 11 is 1.01. The molecule has 0 aliphatic rings. The molecule has 21 heavy (non-hydrogen) atoms. The van der Waals surface area contributed by atoms with Gasteiger partial charge in [-0.25, -0.2) is 9.78 Å². The van der Waals surface area contributed by atoms with Crippen LogP contribution in [0.25, 0.3) is 0 Å². The van der Waals surface area contributed by atoms with Gasteiger partial charge in [0.05, 0.1) is 0 Å². The highest BCUT2D eigenvalue weighted by atomic mass is 32.2. The molecule has 0 aromatic carbocycles. The molecule has 118 valence electrons. The highest BCUT2D eigenvalue weighted by Crippen LogP contribution is 2.28. The fourth-order valence-corrected chi connectivity index (χ4v) is 2.12. The molecule has 1 atom stereocenters. The number of nitrogens with zero attached hydrogens (tertiary/aromatic N) is 4. The predicted octanol–water partition coefficient (Wildman–Crippen LogP) is 2.06. The van der Waals surface area contributed by atoms with Crippen LogP contribution >= 0.6 is 11.8 Å². The van der Waals surface area contributed by atoms with Crippen molar-refractivity contribution in [1.29, 1.82) is 0 Å². The van der Waals surface area contributed by atoms with E-state index in [0.717, 1.165) is 18.2 Å². The summed E-state index contributed by atoms with van der Waals surface area (Å²) in [6, 6.07) is -0.347. The van der Waals surface area contributed by atoms with Crippen molar-refractivity contribution in [1.82, 2.24) is 19.7 Å². The number of thioether (sulfide) groups is 1. The van der Waals surface area contributed by atoms with Crippen molar-refractivity contribution < 1.29 is 14.7 Å². The lowest BCUT2D eigenvalue weighted by molar-refractivity contribution is -0.136. The number of rotatable bonds is 5. The van der Waals surface area contributed by atoms with Gasteiger partial charge in [0.25, 0.3) is 0 Å². The van der Waals surface area contributed by atoms with Crippen LogP contribution < -0.4 is 0 Å². The van der Waals surface area contributed by atoms with Crippen LogP contribution in [0.15, 0.2) is 5.16 Å². The molecule has 0 radical (unpaired) electrons. The van der Waals surface area contributed by atoms with Crippen LogP contribution in [0.3, 0.4) is 0 Å². The maximum absolute atomic E-state index is 12.2. The van der Waals surface area contributed by atoms with Crippen LogP contribution in [0.5, 0.6) is 0 Å². The molecule has 0 fully saturated rings. The summed E-state index contributed by atoms with van der Waals surface area (Å²) in [5.41, 5.74) is -0.278. The molecule has 1 amide bonds. The fraction of sp³-hybridized carbons (Fsp3) is 0.692. The van der Waals surface area contributed by atoms with Crippen LogP contribution in [0.1, 0.15) is 39.9 Å². The second-order valence-corrected chi connectivity index (χ2v) is 6.95. The first-order valence-corrected chi connectivity index (χ1v) is 7.56. The molecule has 0 spiro atoms. The van der Waals surface area contributed by atoms with Gasteiger partial charge in [-0.3, -0.25) is 4.79 Å². The maximum atomic E-state index is 12.2. The van der Waals surface area contributed by atoms with E-state index in [0.29, 0.717) is 11.0 Å². The number of carboxylic acids is 1. The van der Waals surface area contributed by atoms with Gasteiger partial charge in [-0.15, -0.1) is 5.10 Å². The molecule has 1 heterocycles. The molecule has 0 saturated carbocycles. The monoisotopic (exact) mass is 314 g/mol. The Bertz CT molecular complexity index is 540. The number of carboxylic acid groups (broad SMARTS) is 1. The van der Waals surface area contributed by atoms with Crippen LogP contribution in [-0.4, -0.2) is 56.1 Å². The summed E-state index contributed by atoms with van der Waals surface area (Å²) in [7, 11) is 3.23. The second kappa shape index (κ2) is 6.46. The first-order valence-electron chi connectivity index (χ1n) is 6.68. The zero-order chi connectivity index (χ0) is 16.4. The fourth-order valence-electron chi connectivity index (χ4n) is 1.34. The van der Waals surface area contributed by atoms with E-state index in [9.17, 15) is 9.59 Å². The first kappa shape index (κ1) is 17.5. The van der Waals surface area contributed by atoms with E-state index in [1.807, 2.05) is 20.8 Å². The van der Waals surface area contributed by atoms with Gasteiger partial charge in [0.1, 0.15) is 5.25 Å². The van der Waals surface area contributed by atoms with Gasteiger partial charge in [-0.1, -0.05) is 32.5 Å². The van der Waals surface area contributed by atoms with Crippen molar-refractivity contribution in [2.24, 2.45) is 0 Å². The number of aliphatic carboxylic acids is 1. The van der Waals surface area contributed by atoms with Gasteiger partial charge in [-0.05, 0) is 13.3 Å². The predicted molar refractivity (Wildman–Crippen MR) is 80.8 cm³/mol. The van der Waals surface area contributed by atoms with Gasteiger partial charge >= 0.3 is 12.0 Å². The highest BCUT2D eigenvalue weighted by Gasteiger charge is 2.29. The maximum Gasteiger partial charge on any atom is 0.346 e. The van der Waals surface area contributed by atoms with Crippen molar-refractivity contribution in [3.63, 3.8) is 0 Å². The summed E-state index contributed by atoms with van der Waals surface area (Å²) < 4.78 is 1.18. The lowest BCUT2D eigenvalue weighted by Crippen LogP contribution is -2.29. The van der Waals surface area contributed by atoms with Gasteiger partial charge in [0, 0.05) is 19.5 Å². The van der Waals surface area contributed by atoms with Crippen LogP contribution in [0.4, 0.5) is 4.79 Å². The van der Waals surface area contributed by atoms with Crippen LogP contribution in [0.2, 0.25) is 0 Å². The standard InChI is InChI=1S/C13H22N4O3S/c1-7-13(3,4)10-14-11(21-8(2)9(18)19)17(15-10)12(20)16(5)6/h8H,7H2,1-6H3,(H,18,19). The largest absolute Gasteiger partial charge is 0.480 e. The molecule has 1 unspecified atom stereocenters. The van der Waals surface area contributed by atoms with Crippen molar-refractivity contribution in [2.45, 2.75) is 49.9 Å². The van der Waals surface area contributed by atoms with Crippen LogP contribution in [-0.2, 0) is 10.2 Å². The number of carbonyl (C=O) groups is 2. The van der Waals surface area contributed by atoms with E-state index >= 15 is 0 Å². The van der Waals surface area contributed by atoms with Crippen molar-refractivity contribution in [3.8, 4) is 0 Å². The van der Waals surface area contributed by atoms with Gasteiger partial charge in [-0.2, -0.15) is 4.68 Å². The normalized spacial score (nSPS) is 13.0. The molecular formula is C13H22N4O3S. The molecule has 1 rings (SSSR count). The summed E-state index contributed by atoms with van der Waals surface area (Å²) in [5, 5.41) is 12.9. The molecule has 7 nitrogen and oxygen atoms in total. The molecule has 1 N–H and O–H groups in total. The lowest BCUT2D eigenvalue weighted by atomic mass is 9.90. The topological polar surface area (TPSA) is 88.3 Å². The molecule has 1 aromatic rings. The smallest absolute Gasteiger partial charge is 0.346 e. The second-order valence-electron chi connectivity index (χ2n) is 5.64. The number of carbonyl (C=O) groups excluding carboxylic acids is 1. The number of aromatic nitrogens is 3. The van der Waals surface area contributed by atoms with E-state index in [-0.39, 0.29) is 11.4 Å². The van der Waals surface area contributed by atoms with Crippen molar-refractivity contribution >= 4 is 23.8 Å². The summed E-state index contributed by atoms with van der Waals surface area (Å²) in [5.74, 6) is -0.413. The first-order chi connectivity index (χ1) is 9.60. The highest BCUT2D eigenvalue weighted by molar-refractivity contribution is 8.00. The average molecular weight is 314 g/mol. The molecule has 0 bridgehead atoms. The average Bonchev–Trinajstić information content (AvgIpc) is 2.82. The minimum absolute atomic E-state index is 0.278. The number of hydrogen-bond donors (Lipinski definition) is 1. The van der Waals surface area contributed by atoms with Crippen molar-refractivity contribution in [2.75, 3.05) is 14.1 Å². The molecule has 0 saturated heterocycles. The minimum Gasteiger partial charge on any atom is -0.480 e. The molecule has 0 aliphatic carbocycles. The van der Waals surface area contributed by atoms with Crippen molar-refractivity contribution in [3.05, 3.63) is 5.82 Å². The van der Waals surface area contributed by atoms with E-state index in [1.165, 1.54) is 9.58 Å². The van der Waals surface area contributed by atoms with E-state index in [1.54, 1.807) is 21.0 Å². The number of amides is 1. The molecular weight excluding hydrogens is 292 g/mol. The quantitative estimate of drug-likeness (QED) is 0.837. The Morgan fingerprint density at radius 3 is 2.43 bits per heavy atom. The third kappa shape index (κ3) is 3.96. The zero-order valence-electron chi connectivity index (χ0n) is 13.2. The molecule has 8 heteroatoms. The third-order valence-corrected chi connectivity index (χ3v) is 4.29. The Kier molecular flexibility index (Phi) is 5.38. The zero-order valence-corrected chi connectivity index (χ0v) is 14.1.